The average Bonchev–Trinajstić information content (AvgIpc) is 3.16. The molecule has 29 heavy (non-hydrogen) atoms. The first-order valence-electron chi connectivity index (χ1n) is 8.42. The predicted molar refractivity (Wildman–Crippen MR) is 101 cm³/mol. The Morgan fingerprint density at radius 2 is 1.97 bits per heavy atom. The number of hydrogen-bond acceptors (Lipinski definition) is 5. The smallest absolute Gasteiger partial charge is 0.375 e. The van der Waals surface area contributed by atoms with E-state index in [0.29, 0.717) is 17.2 Å². The molecule has 152 valence electrons. The number of alkyl halides is 3. The number of carbonyl (C=O) groups is 1. The van der Waals surface area contributed by atoms with Gasteiger partial charge in [-0.3, -0.25) is 4.79 Å². The van der Waals surface area contributed by atoms with Crippen molar-refractivity contribution < 1.29 is 18.0 Å². The molecule has 7 nitrogen and oxygen atoms in total. The van der Waals surface area contributed by atoms with E-state index in [1.54, 1.807) is 19.1 Å². The standard InChI is InChI=1S/C18H16ClF3N6O/c1-10(27-14-6-12(18(20,21)22)5-13(19)7-14)16-25-9-26-28(16)15-4-3-11(8-24-15)17(29)23-2/h3-10,27H,1-2H3,(H,23,29)/t10-/m0/s1. The van der Waals surface area contributed by atoms with Gasteiger partial charge in [0.1, 0.15) is 6.33 Å². The number of nitrogens with zero attached hydrogens (tertiary/aromatic N) is 4. The van der Waals surface area contributed by atoms with Crippen molar-refractivity contribution in [3.63, 3.8) is 0 Å². The van der Waals surface area contributed by atoms with E-state index in [4.69, 9.17) is 11.6 Å². The summed E-state index contributed by atoms with van der Waals surface area (Å²) in [5.41, 5.74) is -0.287. The fourth-order valence-corrected chi connectivity index (χ4v) is 2.90. The van der Waals surface area contributed by atoms with Gasteiger partial charge in [0.15, 0.2) is 11.6 Å². The number of pyridine rings is 1. The van der Waals surface area contributed by atoms with E-state index in [9.17, 15) is 18.0 Å². The minimum absolute atomic E-state index is 0.0394. The maximum absolute atomic E-state index is 13.0. The van der Waals surface area contributed by atoms with Crippen LogP contribution < -0.4 is 10.6 Å². The molecular weight excluding hydrogens is 409 g/mol. The van der Waals surface area contributed by atoms with E-state index in [-0.39, 0.29) is 16.6 Å². The zero-order valence-corrected chi connectivity index (χ0v) is 16.1. The third-order valence-electron chi connectivity index (χ3n) is 4.02. The van der Waals surface area contributed by atoms with Gasteiger partial charge in [0.25, 0.3) is 5.91 Å². The monoisotopic (exact) mass is 424 g/mol. The van der Waals surface area contributed by atoms with Crippen LogP contribution in [0.2, 0.25) is 5.02 Å². The molecule has 0 radical (unpaired) electrons. The number of halogens is 4. The van der Waals surface area contributed by atoms with Gasteiger partial charge in [0.2, 0.25) is 0 Å². The molecular formula is C18H16ClF3N6O. The molecule has 0 aliphatic heterocycles. The Kier molecular flexibility index (Phi) is 5.73. The molecule has 11 heteroatoms. The molecule has 1 amide bonds. The van der Waals surface area contributed by atoms with Crippen molar-refractivity contribution >= 4 is 23.2 Å². The second kappa shape index (κ2) is 8.08. The number of rotatable bonds is 5. The van der Waals surface area contributed by atoms with E-state index < -0.39 is 17.8 Å². The molecule has 0 saturated heterocycles. The molecule has 1 aromatic carbocycles. The highest BCUT2D eigenvalue weighted by Gasteiger charge is 2.31. The van der Waals surface area contributed by atoms with Crippen molar-refractivity contribution in [2.75, 3.05) is 12.4 Å². The fourth-order valence-electron chi connectivity index (χ4n) is 2.66. The SMILES string of the molecule is CNC(=O)c1ccc(-n2ncnc2[C@H](C)Nc2cc(Cl)cc(C(F)(F)F)c2)nc1. The Morgan fingerprint density at radius 1 is 1.21 bits per heavy atom. The minimum Gasteiger partial charge on any atom is -0.375 e. The first kappa shape index (κ1) is 20.6. The van der Waals surface area contributed by atoms with Crippen LogP contribution in [0.25, 0.3) is 5.82 Å². The van der Waals surface area contributed by atoms with Gasteiger partial charge >= 0.3 is 6.18 Å². The summed E-state index contributed by atoms with van der Waals surface area (Å²) in [5.74, 6) is 0.541. The van der Waals surface area contributed by atoms with Crippen LogP contribution in [0.15, 0.2) is 42.9 Å². The Labute approximate surface area is 168 Å². The minimum atomic E-state index is -4.51. The van der Waals surface area contributed by atoms with Crippen LogP contribution >= 0.6 is 11.6 Å². The van der Waals surface area contributed by atoms with Crippen molar-refractivity contribution in [3.8, 4) is 5.82 Å². The predicted octanol–water partition coefficient (Wildman–Crippen LogP) is 3.87. The Bertz CT molecular complexity index is 1020. The molecule has 1 atom stereocenters. The van der Waals surface area contributed by atoms with Gasteiger partial charge < -0.3 is 10.6 Å². The van der Waals surface area contributed by atoms with Gasteiger partial charge in [-0.15, -0.1) is 0 Å². The van der Waals surface area contributed by atoms with E-state index >= 15 is 0 Å². The average molecular weight is 425 g/mol. The molecule has 3 aromatic rings. The number of hydrogen-bond donors (Lipinski definition) is 2. The van der Waals surface area contributed by atoms with Crippen molar-refractivity contribution in [2.24, 2.45) is 0 Å². The maximum atomic E-state index is 13.0. The molecule has 3 rings (SSSR count). The first-order chi connectivity index (χ1) is 13.7. The Balaban J connectivity index is 1.85. The normalized spacial score (nSPS) is 12.5. The third-order valence-corrected chi connectivity index (χ3v) is 4.24. The van der Waals surface area contributed by atoms with E-state index in [1.807, 2.05) is 0 Å². The van der Waals surface area contributed by atoms with Crippen molar-refractivity contribution in [2.45, 2.75) is 19.1 Å². The number of anilines is 1. The highest BCUT2D eigenvalue weighted by atomic mass is 35.5. The summed E-state index contributed by atoms with van der Waals surface area (Å²) < 4.78 is 40.5. The molecule has 0 bridgehead atoms. The first-order valence-corrected chi connectivity index (χ1v) is 8.79. The molecule has 0 aliphatic carbocycles. The van der Waals surface area contributed by atoms with Crippen molar-refractivity contribution in [3.05, 3.63) is 64.8 Å². The van der Waals surface area contributed by atoms with Crippen LogP contribution in [-0.2, 0) is 6.18 Å². The molecule has 0 spiro atoms. The quantitative estimate of drug-likeness (QED) is 0.649. The second-order valence-corrected chi connectivity index (χ2v) is 6.54. The van der Waals surface area contributed by atoms with Gasteiger partial charge in [-0.1, -0.05) is 11.6 Å². The van der Waals surface area contributed by atoms with Crippen LogP contribution in [0.3, 0.4) is 0 Å². The second-order valence-electron chi connectivity index (χ2n) is 6.11. The topological polar surface area (TPSA) is 84.7 Å². The molecule has 0 unspecified atom stereocenters. The van der Waals surface area contributed by atoms with Crippen LogP contribution in [-0.4, -0.2) is 32.7 Å². The van der Waals surface area contributed by atoms with Crippen LogP contribution in [0.4, 0.5) is 18.9 Å². The molecule has 0 fully saturated rings. The van der Waals surface area contributed by atoms with Gasteiger partial charge in [-0.25, -0.2) is 9.97 Å². The van der Waals surface area contributed by atoms with Gasteiger partial charge in [-0.2, -0.15) is 23.0 Å². The Hall–Kier alpha value is -3.14. The van der Waals surface area contributed by atoms with Crippen LogP contribution in [0.5, 0.6) is 0 Å². The summed E-state index contributed by atoms with van der Waals surface area (Å²) in [6.07, 6.45) is -1.81. The summed E-state index contributed by atoms with van der Waals surface area (Å²) in [6, 6.07) is 5.88. The summed E-state index contributed by atoms with van der Waals surface area (Å²) >= 11 is 5.83. The number of nitrogens with one attached hydrogen (secondary N) is 2. The lowest BCUT2D eigenvalue weighted by Gasteiger charge is -2.17. The van der Waals surface area contributed by atoms with Gasteiger partial charge in [0, 0.05) is 24.0 Å². The lowest BCUT2D eigenvalue weighted by atomic mass is 10.1. The molecule has 0 aliphatic rings. The van der Waals surface area contributed by atoms with E-state index in [1.165, 1.54) is 30.3 Å². The van der Waals surface area contributed by atoms with Gasteiger partial charge in [-0.05, 0) is 37.3 Å². The molecule has 0 saturated carbocycles. The lowest BCUT2D eigenvalue weighted by Crippen LogP contribution is -2.18. The summed E-state index contributed by atoms with van der Waals surface area (Å²) in [4.78, 5) is 20.0. The van der Waals surface area contributed by atoms with Gasteiger partial charge in [0.05, 0.1) is 17.2 Å². The zero-order valence-electron chi connectivity index (χ0n) is 15.3. The molecule has 2 heterocycles. The van der Waals surface area contributed by atoms with Crippen LogP contribution in [0.1, 0.15) is 34.7 Å². The lowest BCUT2D eigenvalue weighted by molar-refractivity contribution is -0.137. The highest BCUT2D eigenvalue weighted by molar-refractivity contribution is 6.30. The molecule has 2 N–H and O–H groups in total. The van der Waals surface area contributed by atoms with Crippen molar-refractivity contribution in [1.29, 1.82) is 0 Å². The molecule has 2 aromatic heterocycles. The summed E-state index contributed by atoms with van der Waals surface area (Å²) in [7, 11) is 1.51. The summed E-state index contributed by atoms with van der Waals surface area (Å²) in [6.45, 7) is 1.72. The van der Waals surface area contributed by atoms with E-state index in [0.717, 1.165) is 12.1 Å². The number of carbonyl (C=O) groups excluding carboxylic acids is 1. The third kappa shape index (κ3) is 4.65. The number of benzene rings is 1. The van der Waals surface area contributed by atoms with Crippen LogP contribution in [0, 0.1) is 0 Å². The zero-order chi connectivity index (χ0) is 21.2. The van der Waals surface area contributed by atoms with E-state index in [2.05, 4.69) is 25.7 Å². The highest BCUT2D eigenvalue weighted by Crippen LogP contribution is 2.34. The summed E-state index contributed by atoms with van der Waals surface area (Å²) in [5, 5.41) is 9.52. The fraction of sp³-hybridized carbons (Fsp3) is 0.222. The van der Waals surface area contributed by atoms with Crippen molar-refractivity contribution in [1.82, 2.24) is 25.1 Å². The maximum Gasteiger partial charge on any atom is 0.416 e. The largest absolute Gasteiger partial charge is 0.416 e. The number of aromatic nitrogens is 4. The Morgan fingerprint density at radius 3 is 2.59 bits per heavy atom. The number of amides is 1.